The van der Waals surface area contributed by atoms with Crippen molar-refractivity contribution in [3.63, 3.8) is 0 Å². The van der Waals surface area contributed by atoms with E-state index in [0.717, 1.165) is 17.7 Å². The third kappa shape index (κ3) is 2.28. The normalized spacial score (nSPS) is 25.3. The summed E-state index contributed by atoms with van der Waals surface area (Å²) in [6.45, 7) is 0.732. The van der Waals surface area contributed by atoms with Crippen molar-refractivity contribution in [3.8, 4) is 0 Å². The maximum atomic E-state index is 12.5. The van der Waals surface area contributed by atoms with Crippen LogP contribution in [0, 0.1) is 5.92 Å². The number of carbonyl (C=O) groups is 1. The summed E-state index contributed by atoms with van der Waals surface area (Å²) >= 11 is 1.40. The van der Waals surface area contributed by atoms with Crippen molar-refractivity contribution in [1.82, 2.24) is 10.3 Å². The third-order valence-corrected chi connectivity index (χ3v) is 5.39. The van der Waals surface area contributed by atoms with Gasteiger partial charge in [0.15, 0.2) is 0 Å². The lowest BCUT2D eigenvalue weighted by molar-refractivity contribution is 0.0732. The molecule has 1 amide bonds. The Morgan fingerprint density at radius 2 is 2.29 bits per heavy atom. The van der Waals surface area contributed by atoms with Crippen molar-refractivity contribution in [2.24, 2.45) is 5.92 Å². The SMILES string of the molecule is Nc1c(C(=O)NC2CCOC2C2CC2)sc2cccnc12. The quantitative estimate of drug-likeness (QED) is 0.911. The van der Waals surface area contributed by atoms with Crippen LogP contribution in [0.15, 0.2) is 18.3 Å². The summed E-state index contributed by atoms with van der Waals surface area (Å²) in [5.74, 6) is 0.524. The predicted molar refractivity (Wildman–Crippen MR) is 82.4 cm³/mol. The Morgan fingerprint density at radius 3 is 3.05 bits per heavy atom. The van der Waals surface area contributed by atoms with Crippen LogP contribution < -0.4 is 11.1 Å². The number of hydrogen-bond acceptors (Lipinski definition) is 5. The van der Waals surface area contributed by atoms with Crippen LogP contribution in [0.25, 0.3) is 10.2 Å². The second-order valence-corrected chi connectivity index (χ2v) is 6.79. The smallest absolute Gasteiger partial charge is 0.263 e. The number of aromatic nitrogens is 1. The lowest BCUT2D eigenvalue weighted by Crippen LogP contribution is -2.41. The highest BCUT2D eigenvalue weighted by molar-refractivity contribution is 7.21. The van der Waals surface area contributed by atoms with Crippen molar-refractivity contribution in [1.29, 1.82) is 0 Å². The van der Waals surface area contributed by atoms with Crippen LogP contribution in [0.1, 0.15) is 28.9 Å². The standard InChI is InChI=1S/C15H17N3O2S/c16-11-12-10(2-1-6-17-12)21-14(11)15(19)18-9-5-7-20-13(9)8-3-4-8/h1-2,6,8-9,13H,3-5,7,16H2,(H,18,19). The summed E-state index contributed by atoms with van der Waals surface area (Å²) in [6.07, 6.45) is 5.19. The molecule has 6 heteroatoms. The fourth-order valence-corrected chi connectivity index (χ4v) is 3.99. The van der Waals surface area contributed by atoms with Crippen molar-refractivity contribution < 1.29 is 9.53 Å². The van der Waals surface area contributed by atoms with Crippen LogP contribution in [0.5, 0.6) is 0 Å². The minimum Gasteiger partial charge on any atom is -0.396 e. The van der Waals surface area contributed by atoms with Crippen molar-refractivity contribution in [2.45, 2.75) is 31.4 Å². The third-order valence-electron chi connectivity index (χ3n) is 4.23. The zero-order valence-corrected chi connectivity index (χ0v) is 12.4. The number of pyridine rings is 1. The second-order valence-electron chi connectivity index (χ2n) is 5.74. The second kappa shape index (κ2) is 4.96. The maximum Gasteiger partial charge on any atom is 0.263 e. The Hall–Kier alpha value is -1.66. The number of fused-ring (bicyclic) bond motifs is 1. The van der Waals surface area contributed by atoms with Crippen molar-refractivity contribution in [3.05, 3.63) is 23.2 Å². The molecule has 5 nitrogen and oxygen atoms in total. The highest BCUT2D eigenvalue weighted by Gasteiger charge is 2.41. The molecule has 21 heavy (non-hydrogen) atoms. The molecule has 2 aromatic rings. The molecule has 2 fully saturated rings. The van der Waals surface area contributed by atoms with Gasteiger partial charge in [0, 0.05) is 12.8 Å². The van der Waals surface area contributed by atoms with Crippen LogP contribution in [0.3, 0.4) is 0 Å². The van der Waals surface area contributed by atoms with Crippen LogP contribution in [-0.2, 0) is 4.74 Å². The van der Waals surface area contributed by atoms with E-state index in [1.807, 2.05) is 12.1 Å². The molecule has 0 spiro atoms. The topological polar surface area (TPSA) is 77.2 Å². The first-order valence-corrected chi connectivity index (χ1v) is 8.11. The van der Waals surface area contributed by atoms with E-state index in [0.29, 0.717) is 22.0 Å². The summed E-state index contributed by atoms with van der Waals surface area (Å²) < 4.78 is 6.71. The molecule has 0 aromatic carbocycles. The van der Waals surface area contributed by atoms with Gasteiger partial charge in [-0.05, 0) is 37.3 Å². The van der Waals surface area contributed by atoms with E-state index in [1.54, 1.807) is 6.20 Å². The van der Waals surface area contributed by atoms with Crippen LogP contribution in [0.4, 0.5) is 5.69 Å². The molecule has 1 saturated carbocycles. The van der Waals surface area contributed by atoms with Crippen molar-refractivity contribution >= 4 is 33.1 Å². The van der Waals surface area contributed by atoms with E-state index in [9.17, 15) is 4.79 Å². The first-order chi connectivity index (χ1) is 10.2. The highest BCUT2D eigenvalue weighted by atomic mass is 32.1. The number of nitrogens with one attached hydrogen (secondary N) is 1. The highest BCUT2D eigenvalue weighted by Crippen LogP contribution is 2.39. The van der Waals surface area contributed by atoms with Gasteiger partial charge in [0.05, 0.1) is 22.5 Å². The van der Waals surface area contributed by atoms with Crippen LogP contribution in [0.2, 0.25) is 0 Å². The van der Waals surface area contributed by atoms with Gasteiger partial charge in [0.2, 0.25) is 0 Å². The fourth-order valence-electron chi connectivity index (χ4n) is 3.01. The molecule has 1 aliphatic heterocycles. The average Bonchev–Trinajstić information content (AvgIpc) is 3.15. The van der Waals surface area contributed by atoms with E-state index in [-0.39, 0.29) is 18.1 Å². The molecule has 4 rings (SSSR count). The Balaban J connectivity index is 1.57. The Labute approximate surface area is 126 Å². The molecular formula is C15H17N3O2S. The number of carbonyl (C=O) groups excluding carboxylic acids is 1. The summed E-state index contributed by atoms with van der Waals surface area (Å²) in [7, 11) is 0. The molecule has 3 N–H and O–H groups in total. The molecule has 2 atom stereocenters. The number of rotatable bonds is 3. The monoisotopic (exact) mass is 303 g/mol. The van der Waals surface area contributed by atoms with E-state index < -0.39 is 0 Å². The number of nitrogens with zero attached hydrogens (tertiary/aromatic N) is 1. The lowest BCUT2D eigenvalue weighted by atomic mass is 10.1. The Morgan fingerprint density at radius 1 is 1.43 bits per heavy atom. The molecule has 1 saturated heterocycles. The summed E-state index contributed by atoms with van der Waals surface area (Å²) in [6, 6.07) is 3.90. The molecule has 2 aromatic heterocycles. The zero-order valence-electron chi connectivity index (χ0n) is 11.5. The number of nitrogen functional groups attached to an aromatic ring is 1. The number of nitrogens with two attached hydrogens (primary N) is 1. The van der Waals surface area contributed by atoms with Gasteiger partial charge >= 0.3 is 0 Å². The molecule has 2 aliphatic rings. The summed E-state index contributed by atoms with van der Waals surface area (Å²) in [5, 5.41) is 3.11. The Bertz CT molecular complexity index is 695. The number of anilines is 1. The zero-order chi connectivity index (χ0) is 14.4. The number of amides is 1. The number of thiophene rings is 1. The molecule has 3 heterocycles. The van der Waals surface area contributed by atoms with Gasteiger partial charge in [-0.25, -0.2) is 0 Å². The predicted octanol–water partition coefficient (Wildman–Crippen LogP) is 2.18. The van der Waals surface area contributed by atoms with Crippen molar-refractivity contribution in [2.75, 3.05) is 12.3 Å². The van der Waals surface area contributed by atoms with Gasteiger partial charge in [0.25, 0.3) is 5.91 Å². The first-order valence-electron chi connectivity index (χ1n) is 7.29. The molecule has 0 bridgehead atoms. The molecular weight excluding hydrogens is 286 g/mol. The summed E-state index contributed by atoms with van der Waals surface area (Å²) in [4.78, 5) is 17.3. The largest absolute Gasteiger partial charge is 0.396 e. The minimum atomic E-state index is -0.100. The van der Waals surface area contributed by atoms with E-state index in [1.165, 1.54) is 24.2 Å². The average molecular weight is 303 g/mol. The number of hydrogen-bond donors (Lipinski definition) is 2. The van der Waals surface area contributed by atoms with E-state index >= 15 is 0 Å². The van der Waals surface area contributed by atoms with Gasteiger partial charge in [-0.3, -0.25) is 9.78 Å². The van der Waals surface area contributed by atoms with Gasteiger partial charge in [-0.2, -0.15) is 0 Å². The minimum absolute atomic E-state index is 0.100. The van der Waals surface area contributed by atoms with Gasteiger partial charge in [-0.15, -0.1) is 11.3 Å². The fraction of sp³-hybridized carbons (Fsp3) is 0.467. The molecule has 2 unspecified atom stereocenters. The van der Waals surface area contributed by atoms with Gasteiger partial charge < -0.3 is 15.8 Å². The summed E-state index contributed by atoms with van der Waals surface area (Å²) in [5.41, 5.74) is 7.27. The van der Waals surface area contributed by atoms with E-state index in [4.69, 9.17) is 10.5 Å². The van der Waals surface area contributed by atoms with E-state index in [2.05, 4.69) is 10.3 Å². The Kier molecular flexibility index (Phi) is 3.08. The first kappa shape index (κ1) is 13.0. The van der Waals surface area contributed by atoms with Gasteiger partial charge in [0.1, 0.15) is 10.4 Å². The maximum absolute atomic E-state index is 12.5. The lowest BCUT2D eigenvalue weighted by Gasteiger charge is -2.19. The number of ether oxygens (including phenoxy) is 1. The van der Waals surface area contributed by atoms with Gasteiger partial charge in [-0.1, -0.05) is 0 Å². The molecule has 1 aliphatic carbocycles. The van der Waals surface area contributed by atoms with Crippen LogP contribution in [-0.4, -0.2) is 29.6 Å². The molecule has 0 radical (unpaired) electrons. The van der Waals surface area contributed by atoms with Crippen LogP contribution >= 0.6 is 11.3 Å². The molecule has 110 valence electrons.